The molecule has 0 unspecified atom stereocenters. The van der Waals surface area contributed by atoms with Gasteiger partial charge in [0.05, 0.1) is 41.6 Å². The summed E-state index contributed by atoms with van der Waals surface area (Å²) >= 11 is 0. The maximum absolute atomic E-state index is 17.1. The number of alkyl carbamates (subject to hydrolysis) is 1. The smallest absolute Gasteiger partial charge is 0.408 e. The molecule has 1 spiro atoms. The Morgan fingerprint density at radius 1 is 1.05 bits per heavy atom. The zero-order chi connectivity index (χ0) is 42.8. The summed E-state index contributed by atoms with van der Waals surface area (Å²) in [4.78, 5) is 62.9. The summed E-state index contributed by atoms with van der Waals surface area (Å²) in [7, 11) is -2.65. The molecule has 0 radical (unpaired) electrons. The quantitative estimate of drug-likeness (QED) is 0.279. The fraction of sp³-hybridized carbons (Fsp3) is 0.651. The number of carbonyl (C=O) groups excluding carboxylic acids is 4. The Morgan fingerprint density at radius 2 is 1.78 bits per heavy atom. The molecule has 3 N–H and O–H groups in total. The Hall–Kier alpha value is -4.54. The minimum atomic E-state index is -4.09. The summed E-state index contributed by atoms with van der Waals surface area (Å²) in [5.41, 5.74) is -3.22. The zero-order valence-electron chi connectivity index (χ0n) is 34.6. The van der Waals surface area contributed by atoms with Crippen LogP contribution >= 0.6 is 0 Å². The van der Waals surface area contributed by atoms with Crippen LogP contribution in [-0.2, 0) is 35.1 Å². The summed E-state index contributed by atoms with van der Waals surface area (Å²) in [6.45, 7) is 4.72. The highest BCUT2D eigenvalue weighted by atomic mass is 32.2. The van der Waals surface area contributed by atoms with Gasteiger partial charge in [-0.1, -0.05) is 38.8 Å². The number of carbonyl (C=O) groups is 4. The minimum Gasteiger partial charge on any atom is -0.497 e. The van der Waals surface area contributed by atoms with Gasteiger partial charge >= 0.3 is 6.09 Å². The molecule has 2 aromatic rings. The fourth-order valence-corrected chi connectivity index (χ4v) is 10.8. The molecule has 4 amide bonds. The SMILES string of the molecule is COc1ccc2nc(C(C)C)c3c(c2c1)C(F)(F)C[C@]1(C[C@H]2C(=O)N[C@]4(C(=O)NS(=O)(=O)C5(C)CC5)C[C@H]4/C=C\CCCCC[C@H](NC(=O)OC4CCCC4)C(=O)N2C1)O3. The Balaban J connectivity index is 1.18. The van der Waals surface area contributed by atoms with E-state index in [0.29, 0.717) is 56.2 Å². The van der Waals surface area contributed by atoms with E-state index < -0.39 is 86.6 Å². The van der Waals surface area contributed by atoms with Crippen LogP contribution in [0.5, 0.6) is 11.5 Å². The molecule has 6 aliphatic rings. The molecule has 14 nitrogen and oxygen atoms in total. The number of fused-ring (bicyclic) bond motifs is 5. The Morgan fingerprint density at radius 3 is 2.48 bits per heavy atom. The van der Waals surface area contributed by atoms with Crippen molar-refractivity contribution in [2.45, 2.75) is 157 Å². The van der Waals surface area contributed by atoms with Gasteiger partial charge in [-0.05, 0) is 95.2 Å². The van der Waals surface area contributed by atoms with Gasteiger partial charge in [0.1, 0.15) is 35.1 Å². The lowest BCUT2D eigenvalue weighted by Crippen LogP contribution is -2.58. The third kappa shape index (κ3) is 7.79. The largest absolute Gasteiger partial charge is 0.497 e. The normalized spacial score (nSPS) is 30.5. The van der Waals surface area contributed by atoms with Gasteiger partial charge in [-0.25, -0.2) is 27.0 Å². The van der Waals surface area contributed by atoms with Crippen molar-refractivity contribution in [3.05, 3.63) is 41.6 Å². The molecule has 3 aliphatic heterocycles. The van der Waals surface area contributed by atoms with Crippen molar-refractivity contribution >= 4 is 44.7 Å². The summed E-state index contributed by atoms with van der Waals surface area (Å²) in [6.07, 6.45) is 8.20. The number of sulfonamides is 1. The van der Waals surface area contributed by atoms with Gasteiger partial charge in [0.15, 0.2) is 5.75 Å². The molecule has 1 aromatic carbocycles. The highest BCUT2D eigenvalue weighted by molar-refractivity contribution is 7.91. The maximum atomic E-state index is 17.1. The van der Waals surface area contributed by atoms with Crippen molar-refractivity contribution in [1.82, 2.24) is 25.2 Å². The highest BCUT2D eigenvalue weighted by Gasteiger charge is 2.65. The number of ether oxygens (including phenoxy) is 3. The maximum Gasteiger partial charge on any atom is 0.408 e. The van der Waals surface area contributed by atoms with Crippen LogP contribution in [0.15, 0.2) is 30.4 Å². The van der Waals surface area contributed by atoms with E-state index in [0.717, 1.165) is 19.3 Å². The number of halogens is 2. The number of amides is 4. The molecule has 17 heteroatoms. The van der Waals surface area contributed by atoms with Gasteiger partial charge in [-0.3, -0.25) is 19.1 Å². The van der Waals surface area contributed by atoms with Gasteiger partial charge < -0.3 is 29.7 Å². The lowest BCUT2D eigenvalue weighted by atomic mass is 9.83. The number of rotatable bonds is 7. The Bertz CT molecular complexity index is 2230. The second-order valence-corrected chi connectivity index (χ2v) is 20.5. The summed E-state index contributed by atoms with van der Waals surface area (Å²) in [5, 5.41) is 5.70. The average Bonchev–Trinajstić information content (AvgIpc) is 3.98. The van der Waals surface area contributed by atoms with Crippen molar-refractivity contribution in [1.29, 1.82) is 0 Å². The van der Waals surface area contributed by atoms with Crippen molar-refractivity contribution in [2.75, 3.05) is 13.7 Å². The topological polar surface area (TPSA) is 182 Å². The Kier molecular flexibility index (Phi) is 10.8. The van der Waals surface area contributed by atoms with Gasteiger partial charge in [0, 0.05) is 17.7 Å². The number of nitrogens with zero attached hydrogens (tertiary/aromatic N) is 2. The predicted molar refractivity (Wildman–Crippen MR) is 216 cm³/mol. The van der Waals surface area contributed by atoms with Crippen LogP contribution in [0.1, 0.15) is 128 Å². The number of alkyl halides is 2. The van der Waals surface area contributed by atoms with E-state index in [1.54, 1.807) is 25.1 Å². The van der Waals surface area contributed by atoms with Crippen LogP contribution < -0.4 is 24.8 Å². The van der Waals surface area contributed by atoms with Crippen molar-refractivity contribution in [2.24, 2.45) is 5.92 Å². The molecule has 1 aromatic heterocycles. The van der Waals surface area contributed by atoms with Crippen LogP contribution in [0.4, 0.5) is 13.6 Å². The van der Waals surface area contributed by atoms with Gasteiger partial charge in [0.2, 0.25) is 21.8 Å². The van der Waals surface area contributed by atoms with Crippen LogP contribution in [0.2, 0.25) is 0 Å². The van der Waals surface area contributed by atoms with E-state index in [-0.39, 0.29) is 53.7 Å². The van der Waals surface area contributed by atoms with E-state index in [2.05, 4.69) is 15.4 Å². The molecule has 3 saturated carbocycles. The lowest BCUT2D eigenvalue weighted by Gasteiger charge is -2.41. The van der Waals surface area contributed by atoms with Crippen LogP contribution in [-0.4, -0.2) is 89.8 Å². The minimum absolute atomic E-state index is 0.0954. The van der Waals surface area contributed by atoms with Crippen LogP contribution in [0.25, 0.3) is 10.9 Å². The Labute approximate surface area is 349 Å². The van der Waals surface area contributed by atoms with E-state index >= 15 is 8.78 Å². The second kappa shape index (κ2) is 15.4. The van der Waals surface area contributed by atoms with E-state index in [9.17, 15) is 27.6 Å². The van der Waals surface area contributed by atoms with Gasteiger partial charge in [-0.2, -0.15) is 0 Å². The molecule has 326 valence electrons. The monoisotopic (exact) mass is 855 g/mol. The van der Waals surface area contributed by atoms with Gasteiger partial charge in [-0.15, -0.1) is 0 Å². The standard InChI is InChI=1S/C43H55F2N5O9S/c1-25(2)34-35-33(29-20-28(57-4)16-17-30(29)46-34)43(44,45)23-41(59-35)22-32-36(51)48-42(38(53)49-60(55,56)40(3)18-19-40)21-26(42)12-8-6-5-7-9-15-31(37(52)50(32)24-41)47-39(54)58-27-13-10-11-14-27/h8,12,16-17,20,25-27,31-32H,5-7,9-11,13-15,18-19,21-24H2,1-4H3,(H,47,54)(H,48,51)(H,49,53)/b12-8-/t26-,31+,32+,41+,42-/m1/s1. The molecule has 8 rings (SSSR count). The van der Waals surface area contributed by atoms with Crippen molar-refractivity contribution < 1.29 is 50.6 Å². The molecule has 3 aliphatic carbocycles. The number of nitrogens with one attached hydrogen (secondary N) is 3. The van der Waals surface area contributed by atoms with Crippen LogP contribution in [0, 0.1) is 5.92 Å². The number of pyridine rings is 1. The molecule has 0 bridgehead atoms. The fourth-order valence-electron chi connectivity index (χ4n) is 9.49. The number of allylic oxidation sites excluding steroid dienone is 1. The number of benzene rings is 1. The number of methoxy groups -OCH3 is 1. The third-order valence-corrected chi connectivity index (χ3v) is 15.6. The average molecular weight is 856 g/mol. The first-order chi connectivity index (χ1) is 28.4. The van der Waals surface area contributed by atoms with Crippen molar-refractivity contribution in [3.8, 4) is 11.5 Å². The number of hydrogen-bond donors (Lipinski definition) is 3. The molecular weight excluding hydrogens is 801 g/mol. The zero-order valence-corrected chi connectivity index (χ0v) is 35.4. The second-order valence-electron chi connectivity index (χ2n) is 18.3. The highest BCUT2D eigenvalue weighted by Crippen LogP contribution is 2.56. The molecule has 5 atom stereocenters. The third-order valence-electron chi connectivity index (χ3n) is 13.4. The van der Waals surface area contributed by atoms with Crippen LogP contribution in [0.3, 0.4) is 0 Å². The number of aromatic nitrogens is 1. The van der Waals surface area contributed by atoms with E-state index in [1.807, 2.05) is 19.9 Å². The first kappa shape index (κ1) is 42.2. The predicted octanol–water partition coefficient (Wildman–Crippen LogP) is 6.01. The first-order valence-corrected chi connectivity index (χ1v) is 22.8. The molecule has 4 fully saturated rings. The molecule has 1 saturated heterocycles. The lowest BCUT2D eigenvalue weighted by molar-refractivity contribution is -0.141. The number of hydrogen-bond acceptors (Lipinski definition) is 10. The molecule has 60 heavy (non-hydrogen) atoms. The summed E-state index contributed by atoms with van der Waals surface area (Å²) in [5.74, 6) is -6.63. The summed E-state index contributed by atoms with van der Waals surface area (Å²) < 4.78 is 79.6. The molecular formula is C43H55F2N5O9S. The van der Waals surface area contributed by atoms with E-state index in [1.165, 1.54) is 18.1 Å². The first-order valence-electron chi connectivity index (χ1n) is 21.3. The summed E-state index contributed by atoms with van der Waals surface area (Å²) in [6, 6.07) is 2.14. The van der Waals surface area contributed by atoms with E-state index in [4.69, 9.17) is 19.2 Å². The molecule has 4 heterocycles. The van der Waals surface area contributed by atoms with Gasteiger partial charge in [0.25, 0.3) is 11.8 Å². The van der Waals surface area contributed by atoms with Crippen molar-refractivity contribution in [3.63, 3.8) is 0 Å².